The second-order valence-electron chi connectivity index (χ2n) is 5.35. The monoisotopic (exact) mass is 371 g/mol. The van der Waals surface area contributed by atoms with Gasteiger partial charge in [0.1, 0.15) is 11.0 Å². The van der Waals surface area contributed by atoms with Gasteiger partial charge in [-0.2, -0.15) is 5.10 Å². The van der Waals surface area contributed by atoms with Crippen LogP contribution in [0.2, 0.25) is 0 Å². The lowest BCUT2D eigenvalue weighted by Gasteiger charge is -2.21. The van der Waals surface area contributed by atoms with E-state index in [1.807, 2.05) is 0 Å². The molecule has 114 valence electrons. The lowest BCUT2D eigenvalue weighted by atomic mass is 9.90. The van der Waals surface area contributed by atoms with Gasteiger partial charge >= 0.3 is 0 Å². The van der Waals surface area contributed by atoms with E-state index in [-0.39, 0.29) is 5.94 Å². The molecule has 0 N–H and O–H groups in total. The van der Waals surface area contributed by atoms with E-state index in [0.717, 1.165) is 4.47 Å². The number of rotatable bonds is 5. The Kier molecular flexibility index (Phi) is 5.03. The highest BCUT2D eigenvalue weighted by atomic mass is 79.9. The number of hydrogen-bond donors (Lipinski definition) is 0. The molecule has 21 heavy (non-hydrogen) atoms. The van der Waals surface area contributed by atoms with Gasteiger partial charge in [-0.25, -0.2) is 9.50 Å². The van der Waals surface area contributed by atoms with E-state index in [1.165, 1.54) is 32.1 Å². The Morgan fingerprint density at radius 2 is 2.19 bits per heavy atom. The standard InChI is InChI=1S/C14H18BrN3O2S/c15-12-8-17-18-13(6-7-16-14(12)18)21(19)10-20-9-11-4-2-1-3-5-11/h6-8,11H,1-5,9-10H2. The van der Waals surface area contributed by atoms with Crippen LogP contribution in [0.25, 0.3) is 5.65 Å². The van der Waals surface area contributed by atoms with Gasteiger partial charge < -0.3 is 4.74 Å². The predicted molar refractivity (Wildman–Crippen MR) is 84.5 cm³/mol. The molecular formula is C14H18BrN3O2S. The minimum atomic E-state index is -1.23. The summed E-state index contributed by atoms with van der Waals surface area (Å²) in [7, 11) is -1.23. The van der Waals surface area contributed by atoms with Gasteiger partial charge in [-0.3, -0.25) is 4.21 Å². The van der Waals surface area contributed by atoms with Gasteiger partial charge in [0.2, 0.25) is 0 Å². The highest BCUT2D eigenvalue weighted by Crippen LogP contribution is 2.24. The van der Waals surface area contributed by atoms with Gasteiger partial charge in [0.25, 0.3) is 0 Å². The first kappa shape index (κ1) is 15.1. The molecule has 0 saturated heterocycles. The van der Waals surface area contributed by atoms with Gasteiger partial charge in [0.05, 0.1) is 28.1 Å². The zero-order chi connectivity index (χ0) is 14.7. The fourth-order valence-electron chi connectivity index (χ4n) is 2.72. The molecule has 0 amide bonds. The number of halogens is 1. The Balaban J connectivity index is 1.61. The summed E-state index contributed by atoms with van der Waals surface area (Å²) >= 11 is 3.38. The van der Waals surface area contributed by atoms with Crippen molar-refractivity contribution in [2.75, 3.05) is 12.5 Å². The van der Waals surface area contributed by atoms with Gasteiger partial charge in [-0.15, -0.1) is 0 Å². The van der Waals surface area contributed by atoms with Crippen LogP contribution in [-0.2, 0) is 15.5 Å². The number of ether oxygens (including phenoxy) is 1. The first-order chi connectivity index (χ1) is 10.3. The molecule has 1 atom stereocenters. The van der Waals surface area contributed by atoms with Crippen molar-refractivity contribution in [2.45, 2.75) is 37.1 Å². The molecule has 3 rings (SSSR count). The van der Waals surface area contributed by atoms with E-state index in [4.69, 9.17) is 4.74 Å². The molecule has 7 heteroatoms. The van der Waals surface area contributed by atoms with Crippen molar-refractivity contribution in [3.05, 3.63) is 22.9 Å². The average molecular weight is 372 g/mol. The lowest BCUT2D eigenvalue weighted by Crippen LogP contribution is -2.16. The lowest BCUT2D eigenvalue weighted by molar-refractivity contribution is 0.118. The van der Waals surface area contributed by atoms with Crippen LogP contribution < -0.4 is 0 Å². The van der Waals surface area contributed by atoms with Crippen LogP contribution in [0.3, 0.4) is 0 Å². The molecular weight excluding hydrogens is 354 g/mol. The Morgan fingerprint density at radius 3 is 3.00 bits per heavy atom. The third-order valence-corrected chi connectivity index (χ3v) is 5.54. The Morgan fingerprint density at radius 1 is 1.38 bits per heavy atom. The van der Waals surface area contributed by atoms with Crippen LogP contribution in [0.15, 0.2) is 28.0 Å². The molecule has 0 spiro atoms. The fourth-order valence-corrected chi connectivity index (χ4v) is 3.99. The zero-order valence-corrected chi connectivity index (χ0v) is 14.1. The molecule has 2 aromatic rings. The highest BCUT2D eigenvalue weighted by molar-refractivity contribution is 9.10. The smallest absolute Gasteiger partial charge is 0.170 e. The van der Waals surface area contributed by atoms with Crippen molar-refractivity contribution in [2.24, 2.45) is 5.92 Å². The summed E-state index contributed by atoms with van der Waals surface area (Å²) in [6.07, 6.45) is 9.71. The minimum absolute atomic E-state index is 0.215. The molecule has 1 fully saturated rings. The van der Waals surface area contributed by atoms with Crippen molar-refractivity contribution >= 4 is 32.4 Å². The molecule has 0 bridgehead atoms. The van der Waals surface area contributed by atoms with Crippen LogP contribution in [-0.4, -0.2) is 31.4 Å². The first-order valence-electron chi connectivity index (χ1n) is 7.20. The summed E-state index contributed by atoms with van der Waals surface area (Å²) in [6.45, 7) is 0.711. The molecule has 5 nitrogen and oxygen atoms in total. The maximum absolute atomic E-state index is 12.4. The second-order valence-corrected chi connectivity index (χ2v) is 7.55. The Hall–Kier alpha value is -0.790. The van der Waals surface area contributed by atoms with Crippen molar-refractivity contribution in [1.82, 2.24) is 14.6 Å². The Labute approximate surface area is 134 Å². The summed E-state index contributed by atoms with van der Waals surface area (Å²) in [5, 5.41) is 4.82. The number of aromatic nitrogens is 3. The molecule has 1 saturated carbocycles. The summed E-state index contributed by atoms with van der Waals surface area (Å²) in [4.78, 5) is 4.22. The van der Waals surface area contributed by atoms with Crippen LogP contribution in [0, 0.1) is 5.92 Å². The van der Waals surface area contributed by atoms with Gasteiger partial charge in [0.15, 0.2) is 5.65 Å². The van der Waals surface area contributed by atoms with Crippen LogP contribution in [0.4, 0.5) is 0 Å². The third-order valence-electron chi connectivity index (χ3n) is 3.83. The second kappa shape index (κ2) is 6.98. The minimum Gasteiger partial charge on any atom is -0.367 e. The van der Waals surface area contributed by atoms with Crippen molar-refractivity contribution in [1.29, 1.82) is 0 Å². The number of hydrogen-bond acceptors (Lipinski definition) is 4. The van der Waals surface area contributed by atoms with E-state index in [2.05, 4.69) is 26.0 Å². The maximum Gasteiger partial charge on any atom is 0.170 e. The molecule has 1 unspecified atom stereocenters. The summed E-state index contributed by atoms with van der Waals surface area (Å²) in [5.41, 5.74) is 0.674. The van der Waals surface area contributed by atoms with E-state index in [1.54, 1.807) is 23.0 Å². The van der Waals surface area contributed by atoms with Crippen molar-refractivity contribution in [3.63, 3.8) is 0 Å². The van der Waals surface area contributed by atoms with Crippen LogP contribution >= 0.6 is 15.9 Å². The zero-order valence-electron chi connectivity index (χ0n) is 11.7. The molecule has 1 aliphatic carbocycles. The molecule has 2 heterocycles. The molecule has 0 aromatic carbocycles. The maximum atomic E-state index is 12.4. The fraction of sp³-hybridized carbons (Fsp3) is 0.571. The quantitative estimate of drug-likeness (QED) is 0.757. The van der Waals surface area contributed by atoms with E-state index < -0.39 is 10.8 Å². The average Bonchev–Trinajstić information content (AvgIpc) is 2.90. The van der Waals surface area contributed by atoms with Crippen LogP contribution in [0.1, 0.15) is 32.1 Å². The number of nitrogens with zero attached hydrogens (tertiary/aromatic N) is 3. The van der Waals surface area contributed by atoms with Crippen LogP contribution in [0.5, 0.6) is 0 Å². The summed E-state index contributed by atoms with van der Waals surface area (Å²) in [6, 6.07) is 1.73. The largest absolute Gasteiger partial charge is 0.367 e. The third kappa shape index (κ3) is 3.52. The van der Waals surface area contributed by atoms with Crippen molar-refractivity contribution in [3.8, 4) is 0 Å². The topological polar surface area (TPSA) is 56.5 Å². The first-order valence-corrected chi connectivity index (χ1v) is 9.31. The molecule has 1 aliphatic rings. The summed E-state index contributed by atoms with van der Waals surface area (Å²) in [5.74, 6) is 0.847. The normalized spacial score (nSPS) is 18.1. The van der Waals surface area contributed by atoms with E-state index in [9.17, 15) is 4.21 Å². The Bertz CT molecular complexity index is 640. The highest BCUT2D eigenvalue weighted by Gasteiger charge is 2.16. The van der Waals surface area contributed by atoms with E-state index in [0.29, 0.717) is 23.2 Å². The summed E-state index contributed by atoms with van der Waals surface area (Å²) < 4.78 is 20.5. The van der Waals surface area contributed by atoms with Gasteiger partial charge in [0, 0.05) is 6.20 Å². The SMILES string of the molecule is O=S(COCC1CCCCC1)c1ccnc2c(Br)cnn12. The van der Waals surface area contributed by atoms with Gasteiger partial charge in [-0.1, -0.05) is 19.3 Å². The molecule has 2 aromatic heterocycles. The van der Waals surface area contributed by atoms with Crippen molar-refractivity contribution < 1.29 is 8.95 Å². The number of fused-ring (bicyclic) bond motifs is 1. The van der Waals surface area contributed by atoms with E-state index >= 15 is 0 Å². The molecule has 0 radical (unpaired) electrons. The predicted octanol–water partition coefficient (Wildman–Crippen LogP) is 3.15. The van der Waals surface area contributed by atoms with Gasteiger partial charge in [-0.05, 0) is 40.8 Å². The molecule has 0 aliphatic heterocycles.